The lowest BCUT2D eigenvalue weighted by molar-refractivity contribution is 0.0922. The summed E-state index contributed by atoms with van der Waals surface area (Å²) >= 11 is 6.04. The molecule has 1 aromatic carbocycles. The van der Waals surface area contributed by atoms with E-state index < -0.39 is 0 Å². The first kappa shape index (κ1) is 15.5. The van der Waals surface area contributed by atoms with Crippen LogP contribution >= 0.6 is 11.6 Å². The van der Waals surface area contributed by atoms with E-state index in [1.54, 1.807) is 18.2 Å². The number of ether oxygens (including phenoxy) is 1. The van der Waals surface area contributed by atoms with Crippen LogP contribution in [0.2, 0.25) is 5.02 Å². The largest absolute Gasteiger partial charge is 0.380 e. The maximum atomic E-state index is 11.8. The van der Waals surface area contributed by atoms with E-state index in [4.69, 9.17) is 22.1 Å². The Balaban J connectivity index is 2.64. The Bertz CT molecular complexity index is 492. The molecule has 3 N–H and O–H groups in total. The zero-order chi connectivity index (χ0) is 14.1. The predicted octanol–water partition coefficient (Wildman–Crippen LogP) is 1.42. The van der Waals surface area contributed by atoms with E-state index >= 15 is 0 Å². The molecule has 1 amide bonds. The average molecular weight is 281 g/mol. The van der Waals surface area contributed by atoms with E-state index in [1.807, 2.05) is 6.92 Å². The molecule has 5 heteroatoms. The fraction of sp³-hybridized carbons (Fsp3) is 0.357. The second-order valence-corrected chi connectivity index (χ2v) is 4.06. The van der Waals surface area contributed by atoms with Crippen LogP contribution < -0.4 is 11.1 Å². The highest BCUT2D eigenvalue weighted by atomic mass is 35.5. The summed E-state index contributed by atoms with van der Waals surface area (Å²) in [6.07, 6.45) is 0. The topological polar surface area (TPSA) is 64.3 Å². The van der Waals surface area contributed by atoms with E-state index in [0.29, 0.717) is 35.9 Å². The number of benzene rings is 1. The van der Waals surface area contributed by atoms with Gasteiger partial charge in [-0.25, -0.2) is 0 Å². The summed E-state index contributed by atoms with van der Waals surface area (Å²) in [6.45, 7) is 3.78. The first-order chi connectivity index (χ1) is 9.19. The first-order valence-corrected chi connectivity index (χ1v) is 6.41. The number of amides is 1. The molecule has 102 valence electrons. The van der Waals surface area contributed by atoms with E-state index in [9.17, 15) is 4.79 Å². The van der Waals surface area contributed by atoms with Crippen molar-refractivity contribution in [2.75, 3.05) is 26.3 Å². The molecule has 0 atom stereocenters. The Hall–Kier alpha value is -1.54. The Morgan fingerprint density at radius 1 is 1.53 bits per heavy atom. The second kappa shape index (κ2) is 8.54. The van der Waals surface area contributed by atoms with Crippen LogP contribution in [-0.2, 0) is 4.74 Å². The molecule has 0 spiro atoms. The molecule has 1 rings (SSSR count). The minimum Gasteiger partial charge on any atom is -0.380 e. The lowest BCUT2D eigenvalue weighted by Crippen LogP contribution is -2.27. The molecule has 0 unspecified atom stereocenters. The number of carbonyl (C=O) groups is 1. The van der Waals surface area contributed by atoms with Gasteiger partial charge in [0.05, 0.1) is 18.2 Å². The highest BCUT2D eigenvalue weighted by Crippen LogP contribution is 2.16. The maximum Gasteiger partial charge on any atom is 0.251 e. The normalized spacial score (nSPS) is 9.63. The number of hydrogen-bond acceptors (Lipinski definition) is 3. The fourth-order valence-electron chi connectivity index (χ4n) is 1.39. The van der Waals surface area contributed by atoms with Gasteiger partial charge in [0.15, 0.2) is 0 Å². The van der Waals surface area contributed by atoms with Gasteiger partial charge >= 0.3 is 0 Å². The van der Waals surface area contributed by atoms with Crippen LogP contribution in [0.5, 0.6) is 0 Å². The highest BCUT2D eigenvalue weighted by molar-refractivity contribution is 6.32. The minimum absolute atomic E-state index is 0.181. The van der Waals surface area contributed by atoms with Crippen molar-refractivity contribution in [2.24, 2.45) is 5.73 Å². The van der Waals surface area contributed by atoms with E-state index in [1.165, 1.54) is 0 Å². The molecule has 0 heterocycles. The number of rotatable bonds is 5. The van der Waals surface area contributed by atoms with Crippen molar-refractivity contribution in [3.8, 4) is 11.8 Å². The minimum atomic E-state index is -0.181. The lowest BCUT2D eigenvalue weighted by Gasteiger charge is -2.06. The second-order valence-electron chi connectivity index (χ2n) is 3.65. The Morgan fingerprint density at radius 3 is 2.95 bits per heavy atom. The van der Waals surface area contributed by atoms with Crippen LogP contribution in [0, 0.1) is 11.8 Å². The Labute approximate surface area is 118 Å². The lowest BCUT2D eigenvalue weighted by atomic mass is 10.1. The van der Waals surface area contributed by atoms with Gasteiger partial charge in [-0.1, -0.05) is 23.4 Å². The molecule has 0 aliphatic carbocycles. The fourth-order valence-corrected chi connectivity index (χ4v) is 1.61. The molecule has 0 bridgehead atoms. The van der Waals surface area contributed by atoms with Crippen LogP contribution in [0.15, 0.2) is 18.2 Å². The summed E-state index contributed by atoms with van der Waals surface area (Å²) in [5.74, 6) is 5.38. The molecule has 0 fully saturated rings. The number of carbonyl (C=O) groups excluding carboxylic acids is 1. The van der Waals surface area contributed by atoms with Gasteiger partial charge < -0.3 is 15.8 Å². The van der Waals surface area contributed by atoms with Crippen LogP contribution in [0.25, 0.3) is 0 Å². The molecular weight excluding hydrogens is 264 g/mol. The maximum absolute atomic E-state index is 11.8. The zero-order valence-electron chi connectivity index (χ0n) is 10.8. The third kappa shape index (κ3) is 5.31. The van der Waals surface area contributed by atoms with Crippen molar-refractivity contribution in [1.82, 2.24) is 5.32 Å². The molecule has 19 heavy (non-hydrogen) atoms. The molecular formula is C14H17ClN2O2. The summed E-state index contributed by atoms with van der Waals surface area (Å²) in [4.78, 5) is 11.8. The Kier molecular flexibility index (Phi) is 6.98. The van der Waals surface area contributed by atoms with Crippen molar-refractivity contribution in [3.05, 3.63) is 34.3 Å². The molecule has 0 saturated heterocycles. The Morgan fingerprint density at radius 2 is 2.32 bits per heavy atom. The smallest absolute Gasteiger partial charge is 0.251 e. The summed E-state index contributed by atoms with van der Waals surface area (Å²) < 4.78 is 5.14. The molecule has 0 aromatic heterocycles. The molecule has 0 saturated carbocycles. The number of halogens is 1. The summed E-state index contributed by atoms with van der Waals surface area (Å²) in [6, 6.07) is 4.99. The quantitative estimate of drug-likeness (QED) is 0.633. The van der Waals surface area contributed by atoms with Crippen LogP contribution in [0.4, 0.5) is 0 Å². The van der Waals surface area contributed by atoms with Gasteiger partial charge in [0.2, 0.25) is 0 Å². The summed E-state index contributed by atoms with van der Waals surface area (Å²) in [7, 11) is 0. The number of nitrogens with two attached hydrogens (primary N) is 1. The number of hydrogen-bond donors (Lipinski definition) is 2. The number of nitrogens with one attached hydrogen (secondary N) is 1. The summed E-state index contributed by atoms with van der Waals surface area (Å²) in [5.41, 5.74) is 6.46. The van der Waals surface area contributed by atoms with Crippen LogP contribution in [0.3, 0.4) is 0 Å². The molecule has 0 aliphatic rings. The standard InChI is InChI=1S/C14H17ClN2O2/c1-2-19-9-8-17-14(18)12-6-5-11(4-3-7-16)13(15)10-12/h5-6,10H,2,7-9,16H2,1H3,(H,17,18). The van der Waals surface area contributed by atoms with Crippen molar-refractivity contribution < 1.29 is 9.53 Å². The average Bonchev–Trinajstić information content (AvgIpc) is 2.42. The van der Waals surface area contributed by atoms with Gasteiger partial charge in [0.25, 0.3) is 5.91 Å². The highest BCUT2D eigenvalue weighted by Gasteiger charge is 2.07. The van der Waals surface area contributed by atoms with Crippen LogP contribution in [0.1, 0.15) is 22.8 Å². The predicted molar refractivity (Wildman–Crippen MR) is 76.2 cm³/mol. The van der Waals surface area contributed by atoms with E-state index in [-0.39, 0.29) is 12.5 Å². The molecule has 4 nitrogen and oxygen atoms in total. The van der Waals surface area contributed by atoms with Gasteiger partial charge in [-0.15, -0.1) is 0 Å². The van der Waals surface area contributed by atoms with Gasteiger partial charge in [-0.2, -0.15) is 0 Å². The van der Waals surface area contributed by atoms with Gasteiger partial charge in [0.1, 0.15) is 0 Å². The molecule has 0 aliphatic heterocycles. The van der Waals surface area contributed by atoms with Crippen molar-refractivity contribution in [2.45, 2.75) is 6.92 Å². The van der Waals surface area contributed by atoms with Gasteiger partial charge in [0, 0.05) is 24.3 Å². The SMILES string of the molecule is CCOCCNC(=O)c1ccc(C#CCN)c(Cl)c1. The van der Waals surface area contributed by atoms with Crippen molar-refractivity contribution >= 4 is 17.5 Å². The molecule has 1 aromatic rings. The third-order valence-corrected chi connectivity index (χ3v) is 2.61. The van der Waals surface area contributed by atoms with E-state index in [0.717, 1.165) is 0 Å². The van der Waals surface area contributed by atoms with Crippen molar-refractivity contribution in [1.29, 1.82) is 0 Å². The first-order valence-electron chi connectivity index (χ1n) is 6.03. The van der Waals surface area contributed by atoms with E-state index in [2.05, 4.69) is 17.2 Å². The van der Waals surface area contributed by atoms with Gasteiger partial charge in [-0.05, 0) is 25.1 Å². The monoisotopic (exact) mass is 280 g/mol. The van der Waals surface area contributed by atoms with Gasteiger partial charge in [-0.3, -0.25) is 4.79 Å². The van der Waals surface area contributed by atoms with Crippen LogP contribution in [-0.4, -0.2) is 32.2 Å². The third-order valence-electron chi connectivity index (χ3n) is 2.29. The molecule has 0 radical (unpaired) electrons. The van der Waals surface area contributed by atoms with Crippen molar-refractivity contribution in [3.63, 3.8) is 0 Å². The summed E-state index contributed by atoms with van der Waals surface area (Å²) in [5, 5.41) is 3.19. The zero-order valence-corrected chi connectivity index (χ0v) is 11.6.